The van der Waals surface area contributed by atoms with Crippen molar-refractivity contribution in [3.63, 3.8) is 0 Å². The van der Waals surface area contributed by atoms with Crippen LogP contribution in [0.1, 0.15) is 35.2 Å². The molecule has 1 aliphatic rings. The monoisotopic (exact) mass is 301 g/mol. The SMILES string of the molecule is O=C(CCOC1CCNCC1)c1cccc(C(F)(F)F)c1. The standard InChI is InChI=1S/C15H18F3NO2/c16-15(17,18)12-3-1-2-11(10-12)14(20)6-9-21-13-4-7-19-8-5-13/h1-3,10,13,19H,4-9H2. The number of alkyl halides is 3. The first-order valence-electron chi connectivity index (χ1n) is 6.99. The number of piperidine rings is 1. The second-order valence-corrected chi connectivity index (χ2v) is 5.07. The summed E-state index contributed by atoms with van der Waals surface area (Å²) < 4.78 is 43.3. The molecule has 1 N–H and O–H groups in total. The third-order valence-electron chi connectivity index (χ3n) is 3.48. The number of halogens is 3. The number of hydrogen-bond donors (Lipinski definition) is 1. The van der Waals surface area contributed by atoms with E-state index in [0.717, 1.165) is 38.1 Å². The van der Waals surface area contributed by atoms with Gasteiger partial charge in [0.15, 0.2) is 5.78 Å². The number of ketones is 1. The lowest BCUT2D eigenvalue weighted by atomic mass is 10.0. The van der Waals surface area contributed by atoms with Gasteiger partial charge < -0.3 is 10.1 Å². The highest BCUT2D eigenvalue weighted by atomic mass is 19.4. The van der Waals surface area contributed by atoms with Gasteiger partial charge in [-0.3, -0.25) is 4.79 Å². The predicted molar refractivity (Wildman–Crippen MR) is 72.2 cm³/mol. The van der Waals surface area contributed by atoms with Crippen LogP contribution in [0, 0.1) is 0 Å². The maximum atomic E-state index is 12.6. The summed E-state index contributed by atoms with van der Waals surface area (Å²) in [4.78, 5) is 11.9. The second kappa shape index (κ2) is 7.04. The molecule has 1 fully saturated rings. The summed E-state index contributed by atoms with van der Waals surface area (Å²) in [6.45, 7) is 2.04. The first kappa shape index (κ1) is 16.0. The number of hydrogen-bond acceptors (Lipinski definition) is 3. The van der Waals surface area contributed by atoms with Crippen LogP contribution < -0.4 is 5.32 Å². The summed E-state index contributed by atoms with van der Waals surface area (Å²) in [5.41, 5.74) is -0.716. The normalized spacial score (nSPS) is 16.9. The zero-order valence-electron chi connectivity index (χ0n) is 11.6. The number of carbonyl (C=O) groups excluding carboxylic acids is 1. The van der Waals surface area contributed by atoms with Crippen LogP contribution in [0.3, 0.4) is 0 Å². The van der Waals surface area contributed by atoms with Crippen LogP contribution in [0.4, 0.5) is 13.2 Å². The molecule has 21 heavy (non-hydrogen) atoms. The third-order valence-corrected chi connectivity index (χ3v) is 3.48. The topological polar surface area (TPSA) is 38.3 Å². The van der Waals surface area contributed by atoms with E-state index in [0.29, 0.717) is 0 Å². The molecule has 3 nitrogen and oxygen atoms in total. The fraction of sp³-hybridized carbons (Fsp3) is 0.533. The molecule has 0 atom stereocenters. The van der Waals surface area contributed by atoms with Crippen molar-refractivity contribution in [2.75, 3.05) is 19.7 Å². The predicted octanol–water partition coefficient (Wildman–Crippen LogP) is 3.05. The van der Waals surface area contributed by atoms with Crippen molar-refractivity contribution in [2.24, 2.45) is 0 Å². The molecule has 2 rings (SSSR count). The van der Waals surface area contributed by atoms with Crippen LogP contribution in [-0.2, 0) is 10.9 Å². The molecule has 6 heteroatoms. The van der Waals surface area contributed by atoms with E-state index in [1.54, 1.807) is 0 Å². The molecule has 1 aromatic rings. The fourth-order valence-electron chi connectivity index (χ4n) is 2.29. The number of rotatable bonds is 5. The van der Waals surface area contributed by atoms with Gasteiger partial charge in [0.1, 0.15) is 0 Å². The summed E-state index contributed by atoms with van der Waals surface area (Å²) in [7, 11) is 0. The largest absolute Gasteiger partial charge is 0.416 e. The van der Waals surface area contributed by atoms with E-state index < -0.39 is 11.7 Å². The Balaban J connectivity index is 1.85. The Morgan fingerprint density at radius 1 is 1.29 bits per heavy atom. The summed E-state index contributed by atoms with van der Waals surface area (Å²) in [6, 6.07) is 4.51. The van der Waals surface area contributed by atoms with E-state index in [2.05, 4.69) is 5.32 Å². The van der Waals surface area contributed by atoms with Gasteiger partial charge in [-0.2, -0.15) is 13.2 Å². The number of ether oxygens (including phenoxy) is 1. The molecular formula is C15H18F3NO2. The van der Waals surface area contributed by atoms with E-state index >= 15 is 0 Å². The summed E-state index contributed by atoms with van der Waals surface area (Å²) in [6.07, 6.45) is -2.39. The Morgan fingerprint density at radius 3 is 2.67 bits per heavy atom. The summed E-state index contributed by atoms with van der Waals surface area (Å²) >= 11 is 0. The van der Waals surface area contributed by atoms with Gasteiger partial charge in [-0.05, 0) is 38.1 Å². The highest BCUT2D eigenvalue weighted by molar-refractivity contribution is 5.96. The molecule has 0 unspecified atom stereocenters. The van der Waals surface area contributed by atoms with Crippen molar-refractivity contribution in [2.45, 2.75) is 31.5 Å². The fourth-order valence-corrected chi connectivity index (χ4v) is 2.29. The lowest BCUT2D eigenvalue weighted by Crippen LogP contribution is -2.32. The van der Waals surface area contributed by atoms with Gasteiger partial charge in [0.2, 0.25) is 0 Å². The van der Waals surface area contributed by atoms with Gasteiger partial charge in [0.05, 0.1) is 18.3 Å². The maximum absolute atomic E-state index is 12.6. The van der Waals surface area contributed by atoms with Crippen molar-refractivity contribution < 1.29 is 22.7 Å². The molecular weight excluding hydrogens is 283 g/mol. The highest BCUT2D eigenvalue weighted by Crippen LogP contribution is 2.29. The average molecular weight is 301 g/mol. The average Bonchev–Trinajstić information content (AvgIpc) is 2.47. The van der Waals surface area contributed by atoms with E-state index in [9.17, 15) is 18.0 Å². The molecule has 1 saturated heterocycles. The molecule has 0 saturated carbocycles. The Kier molecular flexibility index (Phi) is 5.36. The zero-order valence-corrected chi connectivity index (χ0v) is 11.6. The highest BCUT2D eigenvalue weighted by Gasteiger charge is 2.30. The van der Waals surface area contributed by atoms with Crippen LogP contribution >= 0.6 is 0 Å². The second-order valence-electron chi connectivity index (χ2n) is 5.07. The van der Waals surface area contributed by atoms with E-state index in [4.69, 9.17) is 4.74 Å². The Bertz CT molecular complexity index is 482. The van der Waals surface area contributed by atoms with Gasteiger partial charge >= 0.3 is 6.18 Å². The molecule has 0 bridgehead atoms. The van der Waals surface area contributed by atoms with Gasteiger partial charge in [-0.15, -0.1) is 0 Å². The number of Topliss-reactive ketones (excluding diaryl/α,β-unsaturated/α-hetero) is 1. The molecule has 1 heterocycles. The van der Waals surface area contributed by atoms with Crippen LogP contribution in [-0.4, -0.2) is 31.6 Å². The third kappa shape index (κ3) is 4.82. The summed E-state index contributed by atoms with van der Waals surface area (Å²) in [5, 5.41) is 3.21. The van der Waals surface area contributed by atoms with Crippen molar-refractivity contribution in [1.29, 1.82) is 0 Å². The Labute approximate surface area is 121 Å². The van der Waals surface area contributed by atoms with Crippen LogP contribution in [0.5, 0.6) is 0 Å². The van der Waals surface area contributed by atoms with E-state index in [1.807, 2.05) is 0 Å². The van der Waals surface area contributed by atoms with E-state index in [-0.39, 0.29) is 30.5 Å². The van der Waals surface area contributed by atoms with Crippen molar-refractivity contribution >= 4 is 5.78 Å². The Morgan fingerprint density at radius 2 is 2.00 bits per heavy atom. The lowest BCUT2D eigenvalue weighted by Gasteiger charge is -2.22. The van der Waals surface area contributed by atoms with Gasteiger partial charge in [-0.1, -0.05) is 12.1 Å². The van der Waals surface area contributed by atoms with Gasteiger partial charge in [-0.25, -0.2) is 0 Å². The quantitative estimate of drug-likeness (QED) is 0.850. The molecule has 1 aromatic carbocycles. The molecule has 0 amide bonds. The van der Waals surface area contributed by atoms with Crippen molar-refractivity contribution in [1.82, 2.24) is 5.32 Å². The first-order valence-corrected chi connectivity index (χ1v) is 6.99. The van der Waals surface area contributed by atoms with Gasteiger partial charge in [0, 0.05) is 12.0 Å². The number of carbonyl (C=O) groups is 1. The molecule has 0 radical (unpaired) electrons. The van der Waals surface area contributed by atoms with Gasteiger partial charge in [0.25, 0.3) is 0 Å². The smallest absolute Gasteiger partial charge is 0.378 e. The van der Waals surface area contributed by atoms with Crippen LogP contribution in [0.15, 0.2) is 24.3 Å². The molecule has 0 spiro atoms. The minimum Gasteiger partial charge on any atom is -0.378 e. The molecule has 1 aliphatic heterocycles. The zero-order chi connectivity index (χ0) is 15.3. The molecule has 116 valence electrons. The van der Waals surface area contributed by atoms with Crippen LogP contribution in [0.2, 0.25) is 0 Å². The van der Waals surface area contributed by atoms with Crippen molar-refractivity contribution in [3.05, 3.63) is 35.4 Å². The minimum atomic E-state index is -4.43. The molecule has 0 aromatic heterocycles. The maximum Gasteiger partial charge on any atom is 0.416 e. The first-order chi connectivity index (χ1) is 9.97. The summed E-state index contributed by atoms with van der Waals surface area (Å²) in [5.74, 6) is -0.324. The Hall–Kier alpha value is -1.40. The molecule has 0 aliphatic carbocycles. The number of benzene rings is 1. The lowest BCUT2D eigenvalue weighted by molar-refractivity contribution is -0.137. The minimum absolute atomic E-state index is 0.0822. The van der Waals surface area contributed by atoms with Crippen molar-refractivity contribution in [3.8, 4) is 0 Å². The number of nitrogens with one attached hydrogen (secondary N) is 1. The van der Waals surface area contributed by atoms with E-state index in [1.165, 1.54) is 12.1 Å². The van der Waals surface area contributed by atoms with Crippen LogP contribution in [0.25, 0.3) is 0 Å².